The summed E-state index contributed by atoms with van der Waals surface area (Å²) in [6.45, 7) is 5.49. The summed E-state index contributed by atoms with van der Waals surface area (Å²) in [6.07, 6.45) is 5.30. The highest BCUT2D eigenvalue weighted by Gasteiger charge is 2.31. The zero-order valence-electron chi connectivity index (χ0n) is 13.7. The van der Waals surface area contributed by atoms with Gasteiger partial charge in [-0.1, -0.05) is 0 Å². The number of oxazole rings is 1. The number of rotatable bonds is 6. The molecule has 1 saturated heterocycles. The average Bonchev–Trinajstić information content (AvgIpc) is 2.93. The van der Waals surface area contributed by atoms with E-state index in [2.05, 4.69) is 32.0 Å². The summed E-state index contributed by atoms with van der Waals surface area (Å²) >= 11 is 0. The summed E-state index contributed by atoms with van der Waals surface area (Å²) in [6, 6.07) is 0.507. The Morgan fingerprint density at radius 2 is 2.09 bits per heavy atom. The van der Waals surface area contributed by atoms with Crippen molar-refractivity contribution in [2.45, 2.75) is 51.2 Å². The van der Waals surface area contributed by atoms with Crippen LogP contribution in [0.2, 0.25) is 0 Å². The SMILES string of the molecule is Cc1cnc(CN(C)[C@@H]2CCN(Cc3nnc(C4CC4)o3)C2)o1. The molecular weight excluding hydrogens is 294 g/mol. The highest BCUT2D eigenvalue weighted by atomic mass is 16.4. The van der Waals surface area contributed by atoms with Crippen molar-refractivity contribution in [2.24, 2.45) is 0 Å². The zero-order valence-corrected chi connectivity index (χ0v) is 13.7. The van der Waals surface area contributed by atoms with E-state index in [0.717, 1.165) is 56.0 Å². The van der Waals surface area contributed by atoms with Gasteiger partial charge >= 0.3 is 0 Å². The van der Waals surface area contributed by atoms with Crippen LogP contribution < -0.4 is 0 Å². The lowest BCUT2D eigenvalue weighted by atomic mass is 10.2. The maximum Gasteiger partial charge on any atom is 0.230 e. The van der Waals surface area contributed by atoms with Crippen LogP contribution in [0.1, 0.15) is 48.6 Å². The minimum atomic E-state index is 0.507. The van der Waals surface area contributed by atoms with Gasteiger partial charge in [0, 0.05) is 25.0 Å². The van der Waals surface area contributed by atoms with E-state index in [4.69, 9.17) is 8.83 Å². The monoisotopic (exact) mass is 317 g/mol. The molecule has 1 saturated carbocycles. The van der Waals surface area contributed by atoms with Crippen molar-refractivity contribution in [2.75, 3.05) is 20.1 Å². The van der Waals surface area contributed by atoms with E-state index in [1.165, 1.54) is 12.8 Å². The van der Waals surface area contributed by atoms with Gasteiger partial charge in [-0.3, -0.25) is 9.80 Å². The first-order chi connectivity index (χ1) is 11.2. The van der Waals surface area contributed by atoms with Gasteiger partial charge in [-0.2, -0.15) is 0 Å². The fourth-order valence-corrected chi connectivity index (χ4v) is 3.15. The Bertz CT molecular complexity index is 663. The molecule has 4 rings (SSSR count). The Kier molecular flexibility index (Phi) is 3.90. The molecule has 1 atom stereocenters. The second-order valence-electron chi connectivity index (χ2n) is 6.77. The van der Waals surface area contributed by atoms with Crippen molar-refractivity contribution < 1.29 is 8.83 Å². The molecular formula is C16H23N5O2. The third-order valence-electron chi connectivity index (χ3n) is 4.69. The molecule has 124 valence electrons. The van der Waals surface area contributed by atoms with Crippen LogP contribution in [0, 0.1) is 6.92 Å². The molecule has 0 aromatic carbocycles. The number of likely N-dealkylation sites (tertiary alicyclic amines) is 1. The van der Waals surface area contributed by atoms with Gasteiger partial charge in [0.05, 0.1) is 19.3 Å². The predicted molar refractivity (Wildman–Crippen MR) is 82.7 cm³/mol. The van der Waals surface area contributed by atoms with Crippen molar-refractivity contribution in [1.82, 2.24) is 25.0 Å². The van der Waals surface area contributed by atoms with E-state index >= 15 is 0 Å². The molecule has 0 N–H and O–H groups in total. The summed E-state index contributed by atoms with van der Waals surface area (Å²) in [7, 11) is 2.13. The van der Waals surface area contributed by atoms with Crippen molar-refractivity contribution in [3.8, 4) is 0 Å². The lowest BCUT2D eigenvalue weighted by Gasteiger charge is -2.23. The third-order valence-corrected chi connectivity index (χ3v) is 4.69. The van der Waals surface area contributed by atoms with Gasteiger partial charge in [0.15, 0.2) is 0 Å². The lowest BCUT2D eigenvalue weighted by Crippen LogP contribution is -2.34. The number of hydrogen-bond acceptors (Lipinski definition) is 7. The Morgan fingerprint density at radius 3 is 2.83 bits per heavy atom. The third kappa shape index (κ3) is 3.45. The van der Waals surface area contributed by atoms with E-state index in [9.17, 15) is 0 Å². The van der Waals surface area contributed by atoms with Crippen LogP contribution in [-0.4, -0.2) is 51.2 Å². The predicted octanol–water partition coefficient (Wildman–Crippen LogP) is 1.95. The molecule has 0 bridgehead atoms. The molecule has 7 heteroatoms. The summed E-state index contributed by atoms with van der Waals surface area (Å²) in [5.74, 6) is 3.75. The van der Waals surface area contributed by atoms with Gasteiger partial charge in [-0.25, -0.2) is 4.98 Å². The molecule has 2 aromatic heterocycles. The van der Waals surface area contributed by atoms with Crippen LogP contribution in [0.4, 0.5) is 0 Å². The number of aromatic nitrogens is 3. The van der Waals surface area contributed by atoms with Gasteiger partial charge in [-0.05, 0) is 33.2 Å². The second kappa shape index (κ2) is 6.05. The topological polar surface area (TPSA) is 71.4 Å². The molecule has 0 radical (unpaired) electrons. The van der Waals surface area contributed by atoms with E-state index < -0.39 is 0 Å². The Labute approximate surface area is 135 Å². The molecule has 0 spiro atoms. The smallest absolute Gasteiger partial charge is 0.230 e. The van der Waals surface area contributed by atoms with E-state index in [0.29, 0.717) is 12.0 Å². The summed E-state index contributed by atoms with van der Waals surface area (Å²) in [4.78, 5) is 8.98. The van der Waals surface area contributed by atoms with Crippen LogP contribution in [0.3, 0.4) is 0 Å². The number of likely N-dealkylation sites (N-methyl/N-ethyl adjacent to an activating group) is 1. The highest BCUT2D eigenvalue weighted by Crippen LogP contribution is 2.39. The molecule has 0 unspecified atom stereocenters. The molecule has 0 amide bonds. The van der Waals surface area contributed by atoms with E-state index in [1.807, 2.05) is 6.92 Å². The number of nitrogens with zero attached hydrogens (tertiary/aromatic N) is 5. The van der Waals surface area contributed by atoms with E-state index in [1.54, 1.807) is 6.20 Å². The zero-order chi connectivity index (χ0) is 15.8. The Hall–Kier alpha value is -1.73. The molecule has 2 aromatic rings. The summed E-state index contributed by atoms with van der Waals surface area (Å²) in [5.41, 5.74) is 0. The van der Waals surface area contributed by atoms with Gasteiger partial charge in [0.1, 0.15) is 5.76 Å². The maximum absolute atomic E-state index is 5.76. The van der Waals surface area contributed by atoms with Crippen LogP contribution in [0.15, 0.2) is 15.0 Å². The number of aryl methyl sites for hydroxylation is 1. The average molecular weight is 317 g/mol. The Morgan fingerprint density at radius 1 is 1.22 bits per heavy atom. The van der Waals surface area contributed by atoms with Gasteiger partial charge in [-0.15, -0.1) is 10.2 Å². The molecule has 1 aliphatic carbocycles. The molecule has 2 aliphatic rings. The standard InChI is InChI=1S/C16H23N5O2/c1-11-7-17-14(22-11)9-20(2)13-5-6-21(8-13)10-15-18-19-16(23-15)12-3-4-12/h7,12-13H,3-6,8-10H2,1-2H3/t13-/m1/s1. The molecule has 2 fully saturated rings. The molecule has 23 heavy (non-hydrogen) atoms. The maximum atomic E-state index is 5.76. The van der Waals surface area contributed by atoms with Crippen molar-refractivity contribution in [3.63, 3.8) is 0 Å². The van der Waals surface area contributed by atoms with Crippen LogP contribution in [0.5, 0.6) is 0 Å². The highest BCUT2D eigenvalue weighted by molar-refractivity contribution is 5.00. The van der Waals surface area contributed by atoms with Crippen LogP contribution in [0.25, 0.3) is 0 Å². The van der Waals surface area contributed by atoms with Crippen molar-refractivity contribution in [1.29, 1.82) is 0 Å². The molecule has 1 aliphatic heterocycles. The normalized spacial score (nSPS) is 22.3. The molecule has 7 nitrogen and oxygen atoms in total. The fraction of sp³-hybridized carbons (Fsp3) is 0.688. The largest absolute Gasteiger partial charge is 0.445 e. The first kappa shape index (κ1) is 14.8. The van der Waals surface area contributed by atoms with Crippen molar-refractivity contribution in [3.05, 3.63) is 29.6 Å². The minimum absolute atomic E-state index is 0.507. The second-order valence-corrected chi connectivity index (χ2v) is 6.77. The Balaban J connectivity index is 1.29. The quantitative estimate of drug-likeness (QED) is 0.806. The first-order valence-corrected chi connectivity index (χ1v) is 8.33. The van der Waals surface area contributed by atoms with Crippen molar-refractivity contribution >= 4 is 0 Å². The molecule has 3 heterocycles. The van der Waals surface area contributed by atoms with Gasteiger partial charge < -0.3 is 8.83 Å². The van der Waals surface area contributed by atoms with Crippen LogP contribution in [-0.2, 0) is 13.1 Å². The summed E-state index contributed by atoms with van der Waals surface area (Å²) in [5, 5.41) is 8.34. The van der Waals surface area contributed by atoms with Gasteiger partial charge in [0.25, 0.3) is 0 Å². The number of hydrogen-bond donors (Lipinski definition) is 0. The first-order valence-electron chi connectivity index (χ1n) is 8.33. The minimum Gasteiger partial charge on any atom is -0.445 e. The van der Waals surface area contributed by atoms with Gasteiger partial charge in [0.2, 0.25) is 17.7 Å². The lowest BCUT2D eigenvalue weighted by molar-refractivity contribution is 0.199. The fourth-order valence-electron chi connectivity index (χ4n) is 3.15. The van der Waals surface area contributed by atoms with E-state index in [-0.39, 0.29) is 0 Å². The van der Waals surface area contributed by atoms with Crippen LogP contribution >= 0.6 is 0 Å². The summed E-state index contributed by atoms with van der Waals surface area (Å²) < 4.78 is 11.3.